The van der Waals surface area contributed by atoms with Crippen LogP contribution in [-0.2, 0) is 0 Å². The summed E-state index contributed by atoms with van der Waals surface area (Å²) in [5.41, 5.74) is 0.698. The molecule has 0 unspecified atom stereocenters. The van der Waals surface area contributed by atoms with E-state index in [-0.39, 0.29) is 5.78 Å². The van der Waals surface area contributed by atoms with E-state index in [1.165, 1.54) is 6.08 Å². The average Bonchev–Trinajstić information content (AvgIpc) is 2.29. The Kier molecular flexibility index (Phi) is 2.69. The lowest BCUT2D eigenvalue weighted by atomic mass is 10.0. The second-order valence-electron chi connectivity index (χ2n) is 3.21. The second-order valence-corrected chi connectivity index (χ2v) is 4.06. The van der Waals surface area contributed by atoms with Gasteiger partial charge in [-0.05, 0) is 29.0 Å². The first-order valence-electron chi connectivity index (χ1n) is 4.58. The second kappa shape index (κ2) is 3.99. The Labute approximate surface area is 96.5 Å². The van der Waals surface area contributed by atoms with Crippen LogP contribution in [0.2, 0.25) is 0 Å². The van der Waals surface area contributed by atoms with Gasteiger partial charge in [0, 0.05) is 10.0 Å². The van der Waals surface area contributed by atoms with Gasteiger partial charge in [0.15, 0.2) is 5.78 Å². The molecule has 0 spiro atoms. The Hall–Kier alpha value is -1.41. The number of hydrogen-bond donors (Lipinski definition) is 0. The fourth-order valence-electron chi connectivity index (χ4n) is 1.59. The summed E-state index contributed by atoms with van der Waals surface area (Å²) >= 11 is 3.46. The molecule has 15 heavy (non-hydrogen) atoms. The number of ketones is 1. The molecule has 2 rings (SSSR count). The van der Waals surface area contributed by atoms with E-state index in [0.29, 0.717) is 5.56 Å². The van der Waals surface area contributed by atoms with E-state index in [1.54, 1.807) is 0 Å². The predicted molar refractivity (Wildman–Crippen MR) is 66.2 cm³/mol. The number of fused-ring (bicyclic) bond motifs is 1. The van der Waals surface area contributed by atoms with Crippen LogP contribution in [0.4, 0.5) is 0 Å². The molecule has 2 aromatic rings. The molecule has 0 aliphatic heterocycles. The van der Waals surface area contributed by atoms with Crippen LogP contribution in [-0.4, -0.2) is 5.78 Å². The summed E-state index contributed by atoms with van der Waals surface area (Å²) in [6.07, 6.45) is 1.34. The van der Waals surface area contributed by atoms with Crippen molar-refractivity contribution in [1.29, 1.82) is 0 Å². The fourth-order valence-corrected chi connectivity index (χ4v) is 2.07. The molecule has 0 saturated carbocycles. The summed E-state index contributed by atoms with van der Waals surface area (Å²) in [6, 6.07) is 11.5. The minimum atomic E-state index is -0.0429. The van der Waals surface area contributed by atoms with E-state index in [4.69, 9.17) is 0 Å². The molecule has 0 atom stereocenters. The van der Waals surface area contributed by atoms with Crippen LogP contribution in [0.3, 0.4) is 0 Å². The van der Waals surface area contributed by atoms with Crippen molar-refractivity contribution in [3.63, 3.8) is 0 Å². The molecule has 0 bridgehead atoms. The van der Waals surface area contributed by atoms with Crippen molar-refractivity contribution in [1.82, 2.24) is 0 Å². The highest BCUT2D eigenvalue weighted by molar-refractivity contribution is 9.10. The van der Waals surface area contributed by atoms with E-state index in [9.17, 15) is 4.79 Å². The van der Waals surface area contributed by atoms with E-state index >= 15 is 0 Å². The Morgan fingerprint density at radius 3 is 2.47 bits per heavy atom. The molecule has 0 heterocycles. The maximum atomic E-state index is 11.6. The van der Waals surface area contributed by atoms with E-state index in [0.717, 1.165) is 15.2 Å². The first kappa shape index (κ1) is 10.1. The van der Waals surface area contributed by atoms with Gasteiger partial charge in [0.05, 0.1) is 0 Å². The van der Waals surface area contributed by atoms with Crippen molar-refractivity contribution in [3.8, 4) is 0 Å². The smallest absolute Gasteiger partial charge is 0.185 e. The number of benzene rings is 2. The number of rotatable bonds is 2. The largest absolute Gasteiger partial charge is 0.289 e. The monoisotopic (exact) mass is 260 g/mol. The summed E-state index contributed by atoms with van der Waals surface area (Å²) in [6.45, 7) is 3.50. The van der Waals surface area contributed by atoms with Gasteiger partial charge in [0.1, 0.15) is 0 Å². The quantitative estimate of drug-likeness (QED) is 0.590. The molecule has 74 valence electrons. The molecule has 2 aromatic carbocycles. The minimum Gasteiger partial charge on any atom is -0.289 e. The lowest BCUT2D eigenvalue weighted by molar-refractivity contribution is 0.104. The molecular weight excluding hydrogens is 252 g/mol. The normalized spacial score (nSPS) is 10.2. The maximum absolute atomic E-state index is 11.6. The van der Waals surface area contributed by atoms with Gasteiger partial charge in [-0.25, -0.2) is 0 Å². The Morgan fingerprint density at radius 1 is 1.13 bits per heavy atom. The molecule has 0 N–H and O–H groups in total. The number of hydrogen-bond acceptors (Lipinski definition) is 1. The van der Waals surface area contributed by atoms with Crippen LogP contribution in [0.15, 0.2) is 53.5 Å². The predicted octanol–water partition coefficient (Wildman–Crippen LogP) is 3.97. The van der Waals surface area contributed by atoms with Crippen molar-refractivity contribution in [3.05, 3.63) is 59.1 Å². The van der Waals surface area contributed by atoms with Crippen LogP contribution in [0, 0.1) is 0 Å². The zero-order valence-electron chi connectivity index (χ0n) is 8.03. The fraction of sp³-hybridized carbons (Fsp3) is 0. The van der Waals surface area contributed by atoms with E-state index in [2.05, 4.69) is 22.5 Å². The van der Waals surface area contributed by atoms with Crippen LogP contribution >= 0.6 is 15.9 Å². The van der Waals surface area contributed by atoms with Gasteiger partial charge in [0.25, 0.3) is 0 Å². The summed E-state index contributed by atoms with van der Waals surface area (Å²) in [4.78, 5) is 11.6. The summed E-state index contributed by atoms with van der Waals surface area (Å²) < 4.78 is 0.999. The number of carbonyl (C=O) groups is 1. The van der Waals surface area contributed by atoms with Gasteiger partial charge < -0.3 is 0 Å². The van der Waals surface area contributed by atoms with Crippen LogP contribution in [0.25, 0.3) is 10.8 Å². The van der Waals surface area contributed by atoms with Crippen molar-refractivity contribution in [2.24, 2.45) is 0 Å². The van der Waals surface area contributed by atoms with Gasteiger partial charge in [-0.2, -0.15) is 0 Å². The number of halogens is 1. The van der Waals surface area contributed by atoms with Crippen molar-refractivity contribution in [2.75, 3.05) is 0 Å². The van der Waals surface area contributed by atoms with Crippen LogP contribution < -0.4 is 0 Å². The van der Waals surface area contributed by atoms with Gasteiger partial charge >= 0.3 is 0 Å². The standard InChI is InChI=1S/C13H9BrO/c1-2-13(15)11-7-8-12(14)10-6-4-3-5-9(10)11/h2-8H,1H2. The molecule has 0 aliphatic carbocycles. The van der Waals surface area contributed by atoms with Crippen LogP contribution in [0.5, 0.6) is 0 Å². The van der Waals surface area contributed by atoms with E-state index in [1.807, 2.05) is 36.4 Å². The zero-order valence-corrected chi connectivity index (χ0v) is 9.62. The third kappa shape index (κ3) is 1.73. The minimum absolute atomic E-state index is 0.0429. The Bertz CT molecular complexity index is 543. The highest BCUT2D eigenvalue weighted by Crippen LogP contribution is 2.27. The highest BCUT2D eigenvalue weighted by atomic mass is 79.9. The first-order valence-corrected chi connectivity index (χ1v) is 5.37. The summed E-state index contributed by atoms with van der Waals surface area (Å²) in [7, 11) is 0. The van der Waals surface area contributed by atoms with Gasteiger partial charge in [-0.3, -0.25) is 4.79 Å². The molecule has 0 aromatic heterocycles. The zero-order chi connectivity index (χ0) is 10.8. The molecule has 1 nitrogen and oxygen atoms in total. The van der Waals surface area contributed by atoms with Crippen molar-refractivity contribution in [2.45, 2.75) is 0 Å². The van der Waals surface area contributed by atoms with Crippen molar-refractivity contribution >= 4 is 32.5 Å². The molecule has 0 radical (unpaired) electrons. The van der Waals surface area contributed by atoms with Gasteiger partial charge in [-0.1, -0.05) is 46.8 Å². The van der Waals surface area contributed by atoms with E-state index < -0.39 is 0 Å². The topological polar surface area (TPSA) is 17.1 Å². The summed E-state index contributed by atoms with van der Waals surface area (Å²) in [5, 5.41) is 2.00. The Morgan fingerprint density at radius 2 is 1.80 bits per heavy atom. The summed E-state index contributed by atoms with van der Waals surface area (Å²) in [5.74, 6) is -0.0429. The number of allylic oxidation sites excluding steroid dienone is 1. The molecular formula is C13H9BrO. The molecule has 0 aliphatic rings. The SMILES string of the molecule is C=CC(=O)c1ccc(Br)c2ccccc12. The average molecular weight is 261 g/mol. The van der Waals surface area contributed by atoms with Gasteiger partial charge in [-0.15, -0.1) is 0 Å². The Balaban J connectivity index is 2.83. The first-order chi connectivity index (χ1) is 7.24. The van der Waals surface area contributed by atoms with Crippen molar-refractivity contribution < 1.29 is 4.79 Å². The lowest BCUT2D eigenvalue weighted by Crippen LogP contribution is -1.95. The number of carbonyl (C=O) groups excluding carboxylic acids is 1. The molecule has 0 amide bonds. The highest BCUT2D eigenvalue weighted by Gasteiger charge is 2.07. The van der Waals surface area contributed by atoms with Crippen LogP contribution in [0.1, 0.15) is 10.4 Å². The molecule has 0 saturated heterocycles. The third-order valence-electron chi connectivity index (χ3n) is 2.32. The maximum Gasteiger partial charge on any atom is 0.185 e. The third-order valence-corrected chi connectivity index (χ3v) is 3.01. The molecule has 2 heteroatoms. The lowest BCUT2D eigenvalue weighted by Gasteiger charge is -2.04. The van der Waals surface area contributed by atoms with Gasteiger partial charge in [0.2, 0.25) is 0 Å². The molecule has 0 fully saturated rings.